The van der Waals surface area contributed by atoms with Gasteiger partial charge in [-0.15, -0.1) is 0 Å². The van der Waals surface area contributed by atoms with Crippen LogP contribution >= 0.6 is 11.8 Å². The number of rotatable bonds is 8. The van der Waals surface area contributed by atoms with E-state index in [0.29, 0.717) is 6.04 Å². The van der Waals surface area contributed by atoms with Crippen molar-refractivity contribution in [2.75, 3.05) is 53.2 Å². The second kappa shape index (κ2) is 9.54. The summed E-state index contributed by atoms with van der Waals surface area (Å²) < 4.78 is 5.40. The molecule has 0 bridgehead atoms. The highest BCUT2D eigenvalue weighted by molar-refractivity contribution is 7.99. The Labute approximate surface area is 134 Å². The van der Waals surface area contributed by atoms with Crippen molar-refractivity contribution in [1.29, 1.82) is 0 Å². The zero-order valence-corrected chi connectivity index (χ0v) is 15.1. The Morgan fingerprint density at radius 1 is 1.43 bits per heavy atom. The quantitative estimate of drug-likeness (QED) is 0.524. The van der Waals surface area contributed by atoms with Gasteiger partial charge in [0.25, 0.3) is 0 Å². The molecule has 1 saturated heterocycles. The van der Waals surface area contributed by atoms with Crippen LogP contribution in [0.15, 0.2) is 4.99 Å². The molecule has 1 fully saturated rings. The summed E-state index contributed by atoms with van der Waals surface area (Å²) in [6, 6.07) is 0.590. The number of thioether (sulfide) groups is 1. The SMILES string of the molecule is CN=C(NCC1CCCN1CCOC)NCC(C)(C)SC. The van der Waals surface area contributed by atoms with Crippen LogP contribution in [-0.2, 0) is 4.74 Å². The number of guanidine groups is 1. The van der Waals surface area contributed by atoms with E-state index in [-0.39, 0.29) is 4.75 Å². The lowest BCUT2D eigenvalue weighted by Crippen LogP contribution is -2.47. The van der Waals surface area contributed by atoms with E-state index in [1.807, 2.05) is 18.8 Å². The summed E-state index contributed by atoms with van der Waals surface area (Å²) in [4.78, 5) is 6.83. The van der Waals surface area contributed by atoms with Gasteiger partial charge in [0.15, 0.2) is 5.96 Å². The molecule has 1 aliphatic rings. The number of nitrogens with one attached hydrogen (secondary N) is 2. The fourth-order valence-corrected chi connectivity index (χ4v) is 2.65. The molecule has 5 nitrogen and oxygen atoms in total. The van der Waals surface area contributed by atoms with E-state index in [1.54, 1.807) is 7.11 Å². The second-order valence-corrected chi connectivity index (χ2v) is 7.61. The molecule has 1 unspecified atom stereocenters. The standard InChI is InChI=1S/C15H32N4OS/c1-15(2,21-5)12-18-14(16-3)17-11-13-7-6-8-19(13)9-10-20-4/h13H,6-12H2,1-5H3,(H2,16,17,18). The predicted octanol–water partition coefficient (Wildman–Crippen LogP) is 1.40. The minimum atomic E-state index is 0.218. The maximum Gasteiger partial charge on any atom is 0.191 e. The Hall–Kier alpha value is -0.460. The van der Waals surface area contributed by atoms with Crippen molar-refractivity contribution in [3.8, 4) is 0 Å². The van der Waals surface area contributed by atoms with Crippen molar-refractivity contribution in [3.63, 3.8) is 0 Å². The molecule has 0 aliphatic carbocycles. The number of nitrogens with zero attached hydrogens (tertiary/aromatic N) is 2. The van der Waals surface area contributed by atoms with Gasteiger partial charge < -0.3 is 15.4 Å². The zero-order valence-electron chi connectivity index (χ0n) is 14.2. The van der Waals surface area contributed by atoms with Gasteiger partial charge in [-0.2, -0.15) is 11.8 Å². The lowest BCUT2D eigenvalue weighted by atomic mass is 10.2. The monoisotopic (exact) mass is 316 g/mol. The predicted molar refractivity (Wildman–Crippen MR) is 93.4 cm³/mol. The summed E-state index contributed by atoms with van der Waals surface area (Å²) >= 11 is 1.87. The van der Waals surface area contributed by atoms with E-state index in [1.165, 1.54) is 19.4 Å². The molecular formula is C15H32N4OS. The molecule has 0 spiro atoms. The highest BCUT2D eigenvalue weighted by Gasteiger charge is 2.24. The minimum absolute atomic E-state index is 0.218. The first-order valence-electron chi connectivity index (χ1n) is 7.75. The van der Waals surface area contributed by atoms with Gasteiger partial charge in [0.1, 0.15) is 0 Å². The third-order valence-electron chi connectivity index (χ3n) is 4.04. The van der Waals surface area contributed by atoms with Crippen LogP contribution in [0, 0.1) is 0 Å². The first kappa shape index (κ1) is 18.6. The first-order valence-corrected chi connectivity index (χ1v) is 8.97. The van der Waals surface area contributed by atoms with E-state index < -0.39 is 0 Å². The van der Waals surface area contributed by atoms with Gasteiger partial charge in [-0.1, -0.05) is 0 Å². The smallest absolute Gasteiger partial charge is 0.191 e. The highest BCUT2D eigenvalue weighted by Crippen LogP contribution is 2.19. The summed E-state index contributed by atoms with van der Waals surface area (Å²) in [5.41, 5.74) is 0. The van der Waals surface area contributed by atoms with Gasteiger partial charge in [-0.3, -0.25) is 9.89 Å². The van der Waals surface area contributed by atoms with E-state index >= 15 is 0 Å². The summed E-state index contributed by atoms with van der Waals surface area (Å²) in [7, 11) is 3.60. The van der Waals surface area contributed by atoms with E-state index in [2.05, 4.69) is 40.6 Å². The van der Waals surface area contributed by atoms with Crippen molar-refractivity contribution in [2.24, 2.45) is 4.99 Å². The topological polar surface area (TPSA) is 48.9 Å². The molecule has 0 aromatic rings. The van der Waals surface area contributed by atoms with Gasteiger partial charge in [0, 0.05) is 44.6 Å². The van der Waals surface area contributed by atoms with Crippen LogP contribution in [0.2, 0.25) is 0 Å². The van der Waals surface area contributed by atoms with Gasteiger partial charge in [0.2, 0.25) is 0 Å². The van der Waals surface area contributed by atoms with Crippen LogP contribution in [0.1, 0.15) is 26.7 Å². The zero-order chi connectivity index (χ0) is 15.7. The molecule has 2 N–H and O–H groups in total. The van der Waals surface area contributed by atoms with Gasteiger partial charge in [0.05, 0.1) is 6.61 Å². The molecule has 1 aliphatic heterocycles. The Morgan fingerprint density at radius 2 is 2.19 bits per heavy atom. The Kier molecular flexibility index (Phi) is 8.44. The Bertz CT molecular complexity index is 323. The van der Waals surface area contributed by atoms with Crippen LogP contribution in [-0.4, -0.2) is 74.8 Å². The van der Waals surface area contributed by atoms with Crippen molar-refractivity contribution in [3.05, 3.63) is 0 Å². The molecule has 0 aromatic heterocycles. The minimum Gasteiger partial charge on any atom is -0.383 e. The molecule has 21 heavy (non-hydrogen) atoms. The van der Waals surface area contributed by atoms with Crippen molar-refractivity contribution >= 4 is 17.7 Å². The second-order valence-electron chi connectivity index (χ2n) is 6.10. The van der Waals surface area contributed by atoms with E-state index in [0.717, 1.165) is 32.2 Å². The van der Waals surface area contributed by atoms with Crippen LogP contribution in [0.25, 0.3) is 0 Å². The van der Waals surface area contributed by atoms with Gasteiger partial charge in [-0.05, 0) is 39.5 Å². The third-order valence-corrected chi connectivity index (χ3v) is 5.29. The third kappa shape index (κ3) is 6.89. The molecular weight excluding hydrogens is 284 g/mol. The largest absolute Gasteiger partial charge is 0.383 e. The summed E-state index contributed by atoms with van der Waals surface area (Å²) in [5.74, 6) is 0.899. The highest BCUT2D eigenvalue weighted by atomic mass is 32.2. The number of methoxy groups -OCH3 is 1. The summed E-state index contributed by atoms with van der Waals surface area (Å²) in [5, 5.41) is 6.88. The molecule has 0 radical (unpaired) electrons. The van der Waals surface area contributed by atoms with Crippen molar-refractivity contribution < 1.29 is 4.74 Å². The fraction of sp³-hybridized carbons (Fsp3) is 0.933. The van der Waals surface area contributed by atoms with Gasteiger partial charge >= 0.3 is 0 Å². The number of hydrogen-bond acceptors (Lipinski definition) is 4. The maximum absolute atomic E-state index is 5.19. The lowest BCUT2D eigenvalue weighted by molar-refractivity contribution is 0.141. The lowest BCUT2D eigenvalue weighted by Gasteiger charge is -2.27. The first-order chi connectivity index (χ1) is 10.0. The van der Waals surface area contributed by atoms with E-state index in [9.17, 15) is 0 Å². The molecule has 6 heteroatoms. The molecule has 0 aromatic carbocycles. The van der Waals surface area contributed by atoms with Gasteiger partial charge in [-0.25, -0.2) is 0 Å². The molecule has 1 atom stereocenters. The number of ether oxygens (including phenoxy) is 1. The fourth-order valence-electron chi connectivity index (χ4n) is 2.43. The van der Waals surface area contributed by atoms with Crippen molar-refractivity contribution in [1.82, 2.24) is 15.5 Å². The summed E-state index contributed by atoms with van der Waals surface area (Å²) in [6.07, 6.45) is 4.68. The Balaban J connectivity index is 2.34. The Morgan fingerprint density at radius 3 is 2.81 bits per heavy atom. The molecule has 0 saturated carbocycles. The number of hydrogen-bond donors (Lipinski definition) is 2. The molecule has 1 rings (SSSR count). The number of likely N-dealkylation sites (tertiary alicyclic amines) is 1. The summed E-state index contributed by atoms with van der Waals surface area (Å²) in [6.45, 7) is 9.35. The van der Waals surface area contributed by atoms with Crippen LogP contribution < -0.4 is 10.6 Å². The number of aliphatic imine (C=N–C) groups is 1. The molecule has 0 amide bonds. The maximum atomic E-state index is 5.19. The van der Waals surface area contributed by atoms with Crippen LogP contribution in [0.4, 0.5) is 0 Å². The van der Waals surface area contributed by atoms with E-state index in [4.69, 9.17) is 4.74 Å². The van der Waals surface area contributed by atoms with Crippen LogP contribution in [0.3, 0.4) is 0 Å². The normalized spacial score (nSPS) is 20.8. The average molecular weight is 317 g/mol. The molecule has 124 valence electrons. The average Bonchev–Trinajstić information content (AvgIpc) is 2.92. The van der Waals surface area contributed by atoms with Crippen LogP contribution in [0.5, 0.6) is 0 Å². The molecule has 1 heterocycles. The van der Waals surface area contributed by atoms with Crippen molar-refractivity contribution in [2.45, 2.75) is 37.5 Å².